The summed E-state index contributed by atoms with van der Waals surface area (Å²) in [6, 6.07) is 3.48. The highest BCUT2D eigenvalue weighted by molar-refractivity contribution is 7.89. The van der Waals surface area contributed by atoms with Gasteiger partial charge in [-0.15, -0.1) is 0 Å². The summed E-state index contributed by atoms with van der Waals surface area (Å²) < 4.78 is 30.8. The van der Waals surface area contributed by atoms with Gasteiger partial charge in [0.05, 0.1) is 17.6 Å². The Balaban J connectivity index is 3.06. The topological polar surface area (TPSA) is 162 Å². The minimum Gasteiger partial charge on any atom is -0.496 e. The molecule has 2 amide bonds. The third kappa shape index (κ3) is 4.15. The number of carbonyl (C=O) groups excluding carboxylic acids is 2. The van der Waals surface area contributed by atoms with Crippen molar-refractivity contribution in [2.24, 2.45) is 11.5 Å². The van der Waals surface area contributed by atoms with Crippen molar-refractivity contribution in [1.82, 2.24) is 4.72 Å². The van der Waals surface area contributed by atoms with Crippen LogP contribution in [-0.4, -0.2) is 45.1 Å². The van der Waals surface area contributed by atoms with Crippen LogP contribution in [0.3, 0.4) is 0 Å². The Morgan fingerprint density at radius 1 is 1.38 bits per heavy atom. The maximum atomic E-state index is 12.0. The van der Waals surface area contributed by atoms with Crippen LogP contribution in [0.5, 0.6) is 5.75 Å². The number of ether oxygens (including phenoxy) is 1. The van der Waals surface area contributed by atoms with Crippen LogP contribution in [0.4, 0.5) is 0 Å². The molecule has 0 fully saturated rings. The average molecular weight is 317 g/mol. The van der Waals surface area contributed by atoms with E-state index in [0.717, 1.165) is 6.07 Å². The molecule has 0 saturated carbocycles. The maximum Gasteiger partial charge on any atom is 0.252 e. The zero-order valence-electron chi connectivity index (χ0n) is 11.1. The molecular weight excluding hydrogens is 302 g/mol. The van der Waals surface area contributed by atoms with Crippen molar-refractivity contribution in [3.05, 3.63) is 23.8 Å². The Bertz CT molecular complexity index is 658. The van der Waals surface area contributed by atoms with Gasteiger partial charge in [-0.05, 0) is 18.2 Å². The van der Waals surface area contributed by atoms with Crippen molar-refractivity contribution in [2.75, 3.05) is 13.7 Å². The van der Waals surface area contributed by atoms with Crippen LogP contribution >= 0.6 is 0 Å². The van der Waals surface area contributed by atoms with Crippen LogP contribution < -0.4 is 20.9 Å². The number of carbonyl (C=O) groups is 2. The molecule has 1 atom stereocenters. The standard InChI is InChI=1S/C11H15N3O6S/c1-20-9-3-2-6(4-7(9)10(12)16)21(18,19)14-5-8(15)11(13)17/h2-4,8,14-15H,5H2,1H3,(H2,12,16)(H2,13,17). The predicted molar refractivity (Wildman–Crippen MR) is 71.9 cm³/mol. The van der Waals surface area contributed by atoms with Crippen molar-refractivity contribution in [1.29, 1.82) is 0 Å². The number of amides is 2. The van der Waals surface area contributed by atoms with Gasteiger partial charge in [0.25, 0.3) is 5.91 Å². The van der Waals surface area contributed by atoms with Crippen LogP contribution in [0.15, 0.2) is 23.1 Å². The van der Waals surface area contributed by atoms with Crippen molar-refractivity contribution in [3.8, 4) is 5.75 Å². The molecule has 0 spiro atoms. The lowest BCUT2D eigenvalue weighted by Gasteiger charge is -2.11. The normalized spacial score (nSPS) is 12.7. The number of sulfonamides is 1. The lowest BCUT2D eigenvalue weighted by atomic mass is 10.2. The molecule has 0 aliphatic heterocycles. The van der Waals surface area contributed by atoms with Crippen molar-refractivity contribution < 1.29 is 27.9 Å². The molecule has 0 heterocycles. The van der Waals surface area contributed by atoms with E-state index in [1.807, 2.05) is 4.72 Å². The van der Waals surface area contributed by atoms with E-state index in [1.165, 1.54) is 19.2 Å². The second-order valence-corrected chi connectivity index (χ2v) is 5.76. The molecule has 6 N–H and O–H groups in total. The molecule has 21 heavy (non-hydrogen) atoms. The first kappa shape index (κ1) is 16.9. The molecule has 0 bridgehead atoms. The molecule has 0 radical (unpaired) electrons. The Labute approximate surface area is 120 Å². The number of hydrogen-bond acceptors (Lipinski definition) is 6. The first-order chi connectivity index (χ1) is 9.69. The maximum absolute atomic E-state index is 12.0. The molecule has 116 valence electrons. The van der Waals surface area contributed by atoms with Gasteiger partial charge < -0.3 is 21.3 Å². The van der Waals surface area contributed by atoms with Crippen molar-refractivity contribution in [2.45, 2.75) is 11.0 Å². The van der Waals surface area contributed by atoms with Crippen LogP contribution in [0.1, 0.15) is 10.4 Å². The van der Waals surface area contributed by atoms with Gasteiger partial charge in [0.2, 0.25) is 15.9 Å². The zero-order chi connectivity index (χ0) is 16.2. The first-order valence-corrected chi connectivity index (χ1v) is 7.12. The molecule has 1 aromatic carbocycles. The van der Waals surface area contributed by atoms with Crippen LogP contribution in [0, 0.1) is 0 Å². The Morgan fingerprint density at radius 3 is 2.48 bits per heavy atom. The van der Waals surface area contributed by atoms with Gasteiger partial charge >= 0.3 is 0 Å². The van der Waals surface area contributed by atoms with Gasteiger partial charge in [-0.1, -0.05) is 0 Å². The quantitative estimate of drug-likeness (QED) is 0.451. The fourth-order valence-corrected chi connectivity index (χ4v) is 2.48. The minimum absolute atomic E-state index is 0.115. The van der Waals surface area contributed by atoms with Crippen LogP contribution in [0.25, 0.3) is 0 Å². The molecule has 10 heteroatoms. The van der Waals surface area contributed by atoms with Gasteiger partial charge in [0.15, 0.2) is 0 Å². The summed E-state index contributed by atoms with van der Waals surface area (Å²) in [4.78, 5) is 21.6. The third-order valence-electron chi connectivity index (χ3n) is 2.54. The molecule has 0 aliphatic carbocycles. The molecule has 1 aromatic rings. The first-order valence-electron chi connectivity index (χ1n) is 5.64. The summed E-state index contributed by atoms with van der Waals surface area (Å²) in [5, 5.41) is 9.17. The van der Waals surface area contributed by atoms with E-state index in [9.17, 15) is 18.0 Å². The summed E-state index contributed by atoms with van der Waals surface area (Å²) in [5.74, 6) is -1.80. The number of nitrogens with one attached hydrogen (secondary N) is 1. The fourth-order valence-electron chi connectivity index (χ4n) is 1.42. The Hall–Kier alpha value is -2.17. The highest BCUT2D eigenvalue weighted by Crippen LogP contribution is 2.21. The zero-order valence-corrected chi connectivity index (χ0v) is 11.9. The van der Waals surface area contributed by atoms with E-state index in [4.69, 9.17) is 21.3 Å². The number of rotatable bonds is 7. The summed E-state index contributed by atoms with van der Waals surface area (Å²) in [5.41, 5.74) is 9.82. The number of hydrogen-bond donors (Lipinski definition) is 4. The average Bonchev–Trinajstić information content (AvgIpc) is 2.43. The summed E-state index contributed by atoms with van der Waals surface area (Å²) in [6.45, 7) is -0.588. The summed E-state index contributed by atoms with van der Waals surface area (Å²) >= 11 is 0. The molecule has 0 aromatic heterocycles. The lowest BCUT2D eigenvalue weighted by Crippen LogP contribution is -2.39. The number of methoxy groups -OCH3 is 1. The number of benzene rings is 1. The van der Waals surface area contributed by atoms with Crippen molar-refractivity contribution >= 4 is 21.8 Å². The van der Waals surface area contributed by atoms with Gasteiger partial charge in [-0.3, -0.25) is 9.59 Å². The highest BCUT2D eigenvalue weighted by atomic mass is 32.2. The summed E-state index contributed by atoms with van der Waals surface area (Å²) in [7, 11) is -2.75. The van der Waals surface area contributed by atoms with Gasteiger partial charge in [-0.25, -0.2) is 13.1 Å². The molecule has 1 rings (SSSR count). The predicted octanol–water partition coefficient (Wildman–Crippen LogP) is -2.08. The van der Waals surface area contributed by atoms with E-state index >= 15 is 0 Å². The van der Waals surface area contributed by atoms with Crippen molar-refractivity contribution in [3.63, 3.8) is 0 Å². The van der Waals surface area contributed by atoms with Gasteiger partial charge in [0, 0.05) is 6.54 Å². The molecular formula is C11H15N3O6S. The second-order valence-electron chi connectivity index (χ2n) is 4.00. The molecule has 1 unspecified atom stereocenters. The van der Waals surface area contributed by atoms with E-state index in [2.05, 4.69) is 0 Å². The Kier molecular flexibility index (Phi) is 5.24. The lowest BCUT2D eigenvalue weighted by molar-refractivity contribution is -0.125. The Morgan fingerprint density at radius 2 is 2.00 bits per heavy atom. The number of aliphatic hydroxyl groups excluding tert-OH is 1. The van der Waals surface area contributed by atoms with E-state index in [-0.39, 0.29) is 16.2 Å². The summed E-state index contributed by atoms with van der Waals surface area (Å²) in [6.07, 6.45) is -1.66. The van der Waals surface area contributed by atoms with E-state index in [1.54, 1.807) is 0 Å². The highest BCUT2D eigenvalue weighted by Gasteiger charge is 2.21. The van der Waals surface area contributed by atoms with Gasteiger partial charge in [-0.2, -0.15) is 0 Å². The minimum atomic E-state index is -4.05. The van der Waals surface area contributed by atoms with Crippen LogP contribution in [0.2, 0.25) is 0 Å². The van der Waals surface area contributed by atoms with E-state index in [0.29, 0.717) is 0 Å². The number of aliphatic hydroxyl groups is 1. The second kappa shape index (κ2) is 6.52. The monoisotopic (exact) mass is 317 g/mol. The molecule has 9 nitrogen and oxygen atoms in total. The number of nitrogens with two attached hydrogens (primary N) is 2. The molecule has 0 saturated heterocycles. The number of primary amides is 2. The fraction of sp³-hybridized carbons (Fsp3) is 0.273. The van der Waals surface area contributed by atoms with E-state index < -0.39 is 34.5 Å². The smallest absolute Gasteiger partial charge is 0.252 e. The third-order valence-corrected chi connectivity index (χ3v) is 3.96. The SMILES string of the molecule is COc1ccc(S(=O)(=O)NCC(O)C(N)=O)cc1C(N)=O. The molecule has 0 aliphatic rings. The van der Waals surface area contributed by atoms with Crippen LogP contribution in [-0.2, 0) is 14.8 Å². The largest absolute Gasteiger partial charge is 0.496 e. The van der Waals surface area contributed by atoms with Gasteiger partial charge in [0.1, 0.15) is 11.9 Å².